The molecule has 1 aromatic heterocycles. The largest absolute Gasteiger partial charge is 0.449 e. The lowest BCUT2D eigenvalue weighted by atomic mass is 9.67. The van der Waals surface area contributed by atoms with E-state index in [9.17, 15) is 0 Å². The van der Waals surface area contributed by atoms with E-state index in [4.69, 9.17) is 9.47 Å². The van der Waals surface area contributed by atoms with Gasteiger partial charge in [-0.25, -0.2) is 9.97 Å². The summed E-state index contributed by atoms with van der Waals surface area (Å²) in [6, 6.07) is 66.4. The Morgan fingerprint density at radius 1 is 0.464 bits per heavy atom. The minimum atomic E-state index is -0.622. The molecule has 264 valence electrons. The molecule has 11 rings (SSSR count). The van der Waals surface area contributed by atoms with Crippen molar-refractivity contribution in [3.63, 3.8) is 0 Å². The van der Waals surface area contributed by atoms with Crippen molar-refractivity contribution in [2.75, 3.05) is 4.90 Å². The number of fused-ring (bicyclic) bond motifs is 7. The number of hydrogen-bond donors (Lipinski definition) is 0. The fraction of sp³-hybridized carbons (Fsp3) is 0.0196. The summed E-state index contributed by atoms with van der Waals surface area (Å²) in [5.41, 5.74) is 12.6. The lowest BCUT2D eigenvalue weighted by Gasteiger charge is -2.35. The number of nitrogens with zero attached hydrogens (tertiary/aromatic N) is 3. The van der Waals surface area contributed by atoms with Crippen molar-refractivity contribution in [1.29, 1.82) is 0 Å². The van der Waals surface area contributed by atoms with Gasteiger partial charge in [0.15, 0.2) is 23.0 Å². The van der Waals surface area contributed by atoms with Gasteiger partial charge in [-0.1, -0.05) is 127 Å². The predicted molar refractivity (Wildman–Crippen MR) is 224 cm³/mol. The molecular formula is C51H33N3O2. The number of ether oxygens (including phenoxy) is 2. The second kappa shape index (κ2) is 12.8. The summed E-state index contributed by atoms with van der Waals surface area (Å²) in [6.45, 7) is 0. The molecule has 5 heteroatoms. The van der Waals surface area contributed by atoms with E-state index >= 15 is 0 Å². The number of hydrogen-bond acceptors (Lipinski definition) is 5. The van der Waals surface area contributed by atoms with E-state index in [1.54, 1.807) is 6.33 Å². The Labute approximate surface area is 324 Å². The Bertz CT molecular complexity index is 2910. The van der Waals surface area contributed by atoms with Crippen LogP contribution in [0.4, 0.5) is 17.1 Å². The second-order valence-electron chi connectivity index (χ2n) is 14.2. The van der Waals surface area contributed by atoms with Gasteiger partial charge in [0, 0.05) is 34.2 Å². The van der Waals surface area contributed by atoms with Crippen LogP contribution in [-0.2, 0) is 5.41 Å². The molecule has 0 spiro atoms. The van der Waals surface area contributed by atoms with Crippen LogP contribution in [0.3, 0.4) is 0 Å². The van der Waals surface area contributed by atoms with Gasteiger partial charge in [0.1, 0.15) is 6.33 Å². The third-order valence-corrected chi connectivity index (χ3v) is 11.2. The number of rotatable bonds is 6. The molecule has 0 saturated carbocycles. The number of anilines is 3. The Balaban J connectivity index is 1.09. The summed E-state index contributed by atoms with van der Waals surface area (Å²) in [6.07, 6.45) is 3.46. The Morgan fingerprint density at radius 2 is 1.09 bits per heavy atom. The summed E-state index contributed by atoms with van der Waals surface area (Å²) in [4.78, 5) is 11.1. The Hall–Kier alpha value is -7.50. The zero-order valence-corrected chi connectivity index (χ0v) is 30.2. The second-order valence-corrected chi connectivity index (χ2v) is 14.2. The molecule has 8 aromatic carbocycles. The van der Waals surface area contributed by atoms with Gasteiger partial charge in [-0.15, -0.1) is 0 Å². The topological polar surface area (TPSA) is 47.5 Å². The maximum atomic E-state index is 6.72. The highest BCUT2D eigenvalue weighted by atomic mass is 16.6. The first-order valence-corrected chi connectivity index (χ1v) is 18.8. The third-order valence-electron chi connectivity index (χ3n) is 11.2. The lowest BCUT2D eigenvalue weighted by molar-refractivity contribution is 0.360. The zero-order chi connectivity index (χ0) is 37.1. The quantitative estimate of drug-likeness (QED) is 0.171. The van der Waals surface area contributed by atoms with Crippen molar-refractivity contribution in [2.24, 2.45) is 0 Å². The minimum absolute atomic E-state index is 0.622. The van der Waals surface area contributed by atoms with Crippen LogP contribution >= 0.6 is 0 Å². The fourth-order valence-electron chi connectivity index (χ4n) is 8.66. The van der Waals surface area contributed by atoms with Gasteiger partial charge in [-0.05, 0) is 99.6 Å². The maximum absolute atomic E-state index is 6.72. The van der Waals surface area contributed by atoms with Crippen molar-refractivity contribution in [3.8, 4) is 45.3 Å². The fourth-order valence-corrected chi connectivity index (χ4v) is 8.66. The van der Waals surface area contributed by atoms with E-state index in [1.165, 1.54) is 22.3 Å². The van der Waals surface area contributed by atoms with E-state index in [0.717, 1.165) is 56.0 Å². The van der Waals surface area contributed by atoms with Gasteiger partial charge in [-0.2, -0.15) is 0 Å². The molecule has 0 saturated heterocycles. The molecule has 0 N–H and O–H groups in total. The molecule has 2 heterocycles. The maximum Gasteiger partial charge on any atom is 0.178 e. The summed E-state index contributed by atoms with van der Waals surface area (Å²) in [7, 11) is 0. The van der Waals surface area contributed by atoms with Gasteiger partial charge in [0.2, 0.25) is 0 Å². The van der Waals surface area contributed by atoms with Crippen molar-refractivity contribution >= 4 is 28.0 Å². The molecular weight excluding hydrogens is 687 g/mol. The third kappa shape index (κ3) is 4.95. The molecule has 0 fully saturated rings. The number of aromatic nitrogens is 2. The van der Waals surface area contributed by atoms with Crippen LogP contribution in [0.2, 0.25) is 0 Å². The molecule has 56 heavy (non-hydrogen) atoms. The molecule has 1 aliphatic carbocycles. The van der Waals surface area contributed by atoms with E-state index in [2.05, 4.69) is 173 Å². The molecule has 1 unspecified atom stereocenters. The summed E-state index contributed by atoms with van der Waals surface area (Å²) >= 11 is 0. The van der Waals surface area contributed by atoms with Gasteiger partial charge < -0.3 is 14.4 Å². The van der Waals surface area contributed by atoms with Gasteiger partial charge in [0.25, 0.3) is 0 Å². The monoisotopic (exact) mass is 719 g/mol. The number of benzene rings is 8. The van der Waals surface area contributed by atoms with E-state index < -0.39 is 5.41 Å². The molecule has 0 bridgehead atoms. The first-order chi connectivity index (χ1) is 27.8. The summed E-state index contributed by atoms with van der Waals surface area (Å²) in [5, 5.41) is 0.995. The number of para-hydroxylation sites is 2. The molecule has 0 radical (unpaired) electrons. The van der Waals surface area contributed by atoms with E-state index in [0.29, 0.717) is 17.2 Å². The van der Waals surface area contributed by atoms with E-state index in [-0.39, 0.29) is 0 Å². The summed E-state index contributed by atoms with van der Waals surface area (Å²) < 4.78 is 13.2. The van der Waals surface area contributed by atoms with Crippen LogP contribution in [0, 0.1) is 0 Å². The average molecular weight is 720 g/mol. The zero-order valence-electron chi connectivity index (χ0n) is 30.2. The molecule has 1 atom stereocenters. The van der Waals surface area contributed by atoms with Crippen LogP contribution in [0.15, 0.2) is 201 Å². The van der Waals surface area contributed by atoms with Crippen molar-refractivity contribution < 1.29 is 9.47 Å². The smallest absolute Gasteiger partial charge is 0.178 e. The van der Waals surface area contributed by atoms with Crippen LogP contribution in [0.5, 0.6) is 23.0 Å². The lowest BCUT2D eigenvalue weighted by Crippen LogP contribution is -2.28. The van der Waals surface area contributed by atoms with Crippen molar-refractivity contribution in [3.05, 3.63) is 223 Å². The SMILES string of the molecule is c1ccc(-c2ccc(N(c3ccc(C4(c5ccccc5)c5ccccc5-c5c4ccc4c5Oc5ccccc5O4)cc3)c3ccc4cncnc4c3)cc2)cc1. The summed E-state index contributed by atoms with van der Waals surface area (Å²) in [5.74, 6) is 2.89. The standard InChI is InChI=1S/C51H33N3O2/c1-3-11-34(12-4-1)35-19-24-39(25-20-35)54(41-26-21-36-32-52-33-53-45(36)31-41)40-27-22-38(23-28-40)51(37-13-5-2-6-14-37)43-16-8-7-15-42(43)49-44(51)29-30-48-50(49)56-47-18-10-9-17-46(47)55-48/h1-33H. The predicted octanol–water partition coefficient (Wildman–Crippen LogP) is 13.0. The highest BCUT2D eigenvalue weighted by Gasteiger charge is 2.48. The Morgan fingerprint density at radius 3 is 1.88 bits per heavy atom. The van der Waals surface area contributed by atoms with Crippen molar-refractivity contribution in [1.82, 2.24) is 9.97 Å². The van der Waals surface area contributed by atoms with E-state index in [1.807, 2.05) is 36.5 Å². The molecule has 0 amide bonds. The van der Waals surface area contributed by atoms with Gasteiger partial charge >= 0.3 is 0 Å². The van der Waals surface area contributed by atoms with Gasteiger partial charge in [0.05, 0.1) is 10.9 Å². The highest BCUT2D eigenvalue weighted by molar-refractivity contribution is 5.92. The molecule has 1 aliphatic heterocycles. The molecule has 5 nitrogen and oxygen atoms in total. The molecule has 2 aliphatic rings. The van der Waals surface area contributed by atoms with Crippen LogP contribution in [0.1, 0.15) is 22.3 Å². The van der Waals surface area contributed by atoms with Crippen LogP contribution in [0.25, 0.3) is 33.2 Å². The minimum Gasteiger partial charge on any atom is -0.449 e. The average Bonchev–Trinajstić information content (AvgIpc) is 3.58. The van der Waals surface area contributed by atoms with Gasteiger partial charge in [-0.3, -0.25) is 0 Å². The van der Waals surface area contributed by atoms with Crippen LogP contribution in [-0.4, -0.2) is 9.97 Å². The first-order valence-electron chi connectivity index (χ1n) is 18.8. The Kier molecular flexibility index (Phi) is 7.32. The molecule has 9 aromatic rings. The highest BCUT2D eigenvalue weighted by Crippen LogP contribution is 2.62. The first kappa shape index (κ1) is 32.0. The normalized spacial score (nSPS) is 14.8. The van der Waals surface area contributed by atoms with Crippen LogP contribution < -0.4 is 14.4 Å². The van der Waals surface area contributed by atoms with Crippen molar-refractivity contribution in [2.45, 2.75) is 5.41 Å².